The number of carbonyl (C=O) groups is 1. The van der Waals surface area contributed by atoms with Crippen LogP contribution in [0.5, 0.6) is 0 Å². The Bertz CT molecular complexity index is 542. The predicted molar refractivity (Wildman–Crippen MR) is 87.5 cm³/mol. The van der Waals surface area contributed by atoms with Crippen molar-refractivity contribution >= 4 is 5.91 Å². The van der Waals surface area contributed by atoms with Gasteiger partial charge in [-0.2, -0.15) is 13.2 Å². The van der Waals surface area contributed by atoms with Crippen LogP contribution in [-0.2, 0) is 11.2 Å². The molecule has 1 fully saturated rings. The Morgan fingerprint density at radius 1 is 1.25 bits per heavy atom. The molecule has 2 rings (SSSR count). The fourth-order valence-corrected chi connectivity index (χ4v) is 3.21. The number of nitrogens with two attached hydrogens (primary N) is 1. The summed E-state index contributed by atoms with van der Waals surface area (Å²) in [6, 6.07) is 7.54. The van der Waals surface area contributed by atoms with Gasteiger partial charge < -0.3 is 10.6 Å². The van der Waals surface area contributed by atoms with Crippen LogP contribution in [0, 0.1) is 12.8 Å². The van der Waals surface area contributed by atoms with E-state index in [1.54, 1.807) is 0 Å². The Hall–Kier alpha value is -1.56. The van der Waals surface area contributed by atoms with Gasteiger partial charge in [0.15, 0.2) is 0 Å². The van der Waals surface area contributed by atoms with E-state index in [4.69, 9.17) is 5.73 Å². The van der Waals surface area contributed by atoms with E-state index in [0.29, 0.717) is 19.3 Å². The monoisotopic (exact) mass is 342 g/mol. The van der Waals surface area contributed by atoms with Gasteiger partial charge in [-0.1, -0.05) is 36.2 Å². The number of alkyl halides is 3. The van der Waals surface area contributed by atoms with Crippen LogP contribution in [0.4, 0.5) is 13.2 Å². The molecule has 0 saturated heterocycles. The summed E-state index contributed by atoms with van der Waals surface area (Å²) in [6.45, 7) is 0.839. The van der Waals surface area contributed by atoms with Crippen LogP contribution in [0.25, 0.3) is 0 Å². The van der Waals surface area contributed by atoms with Crippen molar-refractivity contribution in [3.63, 3.8) is 0 Å². The number of carbonyl (C=O) groups excluding carboxylic acids is 1. The zero-order chi connectivity index (χ0) is 17.7. The number of nitrogens with zero attached hydrogens (tertiary/aromatic N) is 1. The molecule has 0 aromatic heterocycles. The molecule has 1 aromatic rings. The molecule has 0 heterocycles. The molecule has 2 atom stereocenters. The first-order valence-corrected chi connectivity index (χ1v) is 8.41. The molecule has 1 aromatic carbocycles. The van der Waals surface area contributed by atoms with Gasteiger partial charge in [0.1, 0.15) is 6.54 Å². The van der Waals surface area contributed by atoms with Gasteiger partial charge in [-0.15, -0.1) is 0 Å². The van der Waals surface area contributed by atoms with Crippen molar-refractivity contribution in [3.05, 3.63) is 35.4 Å². The van der Waals surface area contributed by atoms with Crippen LogP contribution < -0.4 is 5.73 Å². The van der Waals surface area contributed by atoms with Crippen LogP contribution in [-0.4, -0.2) is 36.1 Å². The van der Waals surface area contributed by atoms with Crippen molar-refractivity contribution < 1.29 is 18.0 Å². The van der Waals surface area contributed by atoms with Crippen molar-refractivity contribution in [2.75, 3.05) is 13.1 Å². The van der Waals surface area contributed by atoms with Crippen LogP contribution in [0.15, 0.2) is 24.3 Å². The van der Waals surface area contributed by atoms with Crippen molar-refractivity contribution in [1.82, 2.24) is 4.90 Å². The van der Waals surface area contributed by atoms with E-state index in [1.807, 2.05) is 31.2 Å². The molecule has 1 aliphatic rings. The first-order chi connectivity index (χ1) is 11.2. The first kappa shape index (κ1) is 18.8. The van der Waals surface area contributed by atoms with Crippen molar-refractivity contribution in [3.8, 4) is 0 Å². The van der Waals surface area contributed by atoms with Gasteiger partial charge in [-0.05, 0) is 38.2 Å². The highest BCUT2D eigenvalue weighted by atomic mass is 19.4. The minimum atomic E-state index is -4.39. The third kappa shape index (κ3) is 5.82. The number of benzene rings is 1. The quantitative estimate of drug-likeness (QED) is 0.891. The molecular formula is C18H25F3N2O. The lowest BCUT2D eigenvalue weighted by Gasteiger charge is -2.32. The summed E-state index contributed by atoms with van der Waals surface area (Å²) in [6.07, 6.45) is -1.22. The molecule has 2 unspecified atom stereocenters. The summed E-state index contributed by atoms with van der Waals surface area (Å²) in [7, 11) is 0. The standard InChI is InChI=1S/C18H25F3N2O/c1-13-5-7-14(8-6-13)9-10-23(12-18(19,20)21)17(24)15-3-2-4-16(22)11-15/h5-8,15-16H,2-4,9-12,22H2,1H3. The van der Waals surface area contributed by atoms with Crippen LogP contribution >= 0.6 is 0 Å². The minimum Gasteiger partial charge on any atom is -0.333 e. The first-order valence-electron chi connectivity index (χ1n) is 8.41. The van der Waals surface area contributed by atoms with Gasteiger partial charge in [0.05, 0.1) is 0 Å². The summed E-state index contributed by atoms with van der Waals surface area (Å²) in [4.78, 5) is 13.5. The molecule has 6 heteroatoms. The number of rotatable bonds is 5. The van der Waals surface area contributed by atoms with E-state index >= 15 is 0 Å². The second kappa shape index (κ2) is 8.01. The normalized spacial score (nSPS) is 21.5. The van der Waals surface area contributed by atoms with Crippen molar-refractivity contribution in [2.45, 2.75) is 51.2 Å². The second-order valence-electron chi connectivity index (χ2n) is 6.73. The van der Waals surface area contributed by atoms with Crippen molar-refractivity contribution in [1.29, 1.82) is 0 Å². The van der Waals surface area contributed by atoms with Gasteiger partial charge in [-0.25, -0.2) is 0 Å². The molecule has 1 saturated carbocycles. The van der Waals surface area contributed by atoms with Gasteiger partial charge in [-0.3, -0.25) is 4.79 Å². The number of hydrogen-bond donors (Lipinski definition) is 1. The Labute approximate surface area is 141 Å². The molecule has 0 bridgehead atoms. The zero-order valence-electron chi connectivity index (χ0n) is 14.0. The highest BCUT2D eigenvalue weighted by molar-refractivity contribution is 5.79. The SMILES string of the molecule is Cc1ccc(CCN(CC(F)(F)F)C(=O)C2CCCC(N)C2)cc1. The zero-order valence-corrected chi connectivity index (χ0v) is 14.0. The maximum atomic E-state index is 12.9. The molecule has 1 amide bonds. The van der Waals surface area contributed by atoms with Gasteiger partial charge >= 0.3 is 6.18 Å². The average molecular weight is 342 g/mol. The number of aryl methyl sites for hydroxylation is 1. The van der Waals surface area contributed by atoms with E-state index in [-0.39, 0.29) is 18.5 Å². The number of amides is 1. The third-order valence-electron chi connectivity index (χ3n) is 4.54. The topological polar surface area (TPSA) is 46.3 Å². The summed E-state index contributed by atoms with van der Waals surface area (Å²) < 4.78 is 38.6. The maximum absolute atomic E-state index is 12.9. The molecule has 0 aliphatic heterocycles. The highest BCUT2D eigenvalue weighted by Crippen LogP contribution is 2.27. The minimum absolute atomic E-state index is 0.0765. The Kier molecular flexibility index (Phi) is 6.27. The van der Waals surface area contributed by atoms with E-state index in [9.17, 15) is 18.0 Å². The molecule has 2 N–H and O–H groups in total. The maximum Gasteiger partial charge on any atom is 0.406 e. The lowest BCUT2D eigenvalue weighted by Crippen LogP contribution is -2.45. The third-order valence-corrected chi connectivity index (χ3v) is 4.54. The Morgan fingerprint density at radius 3 is 2.50 bits per heavy atom. The predicted octanol–water partition coefficient (Wildman–Crippen LogP) is 3.45. The molecule has 0 spiro atoms. The fourth-order valence-electron chi connectivity index (χ4n) is 3.21. The second-order valence-corrected chi connectivity index (χ2v) is 6.73. The summed E-state index contributed by atoms with van der Waals surface area (Å²) >= 11 is 0. The Morgan fingerprint density at radius 2 is 1.92 bits per heavy atom. The van der Waals surface area contributed by atoms with Gasteiger partial charge in [0.2, 0.25) is 5.91 Å². The van der Waals surface area contributed by atoms with E-state index in [1.165, 1.54) is 0 Å². The van der Waals surface area contributed by atoms with Crippen LogP contribution in [0.3, 0.4) is 0 Å². The largest absolute Gasteiger partial charge is 0.406 e. The van der Waals surface area contributed by atoms with Crippen LogP contribution in [0.2, 0.25) is 0 Å². The molecule has 0 radical (unpaired) electrons. The number of hydrogen-bond acceptors (Lipinski definition) is 2. The van der Waals surface area contributed by atoms with Gasteiger partial charge in [0, 0.05) is 18.5 Å². The lowest BCUT2D eigenvalue weighted by atomic mass is 9.85. The number of halogens is 3. The molecule has 3 nitrogen and oxygen atoms in total. The lowest BCUT2D eigenvalue weighted by molar-refractivity contribution is -0.164. The van der Waals surface area contributed by atoms with E-state index < -0.39 is 18.6 Å². The summed E-state index contributed by atoms with van der Waals surface area (Å²) in [5.41, 5.74) is 7.90. The molecular weight excluding hydrogens is 317 g/mol. The molecule has 134 valence electrons. The average Bonchev–Trinajstić information content (AvgIpc) is 2.51. The highest BCUT2D eigenvalue weighted by Gasteiger charge is 2.36. The molecule has 1 aliphatic carbocycles. The summed E-state index contributed by atoms with van der Waals surface area (Å²) in [5, 5.41) is 0. The van der Waals surface area contributed by atoms with E-state index in [2.05, 4.69) is 0 Å². The fraction of sp³-hybridized carbons (Fsp3) is 0.611. The Balaban J connectivity index is 2.03. The molecule has 24 heavy (non-hydrogen) atoms. The van der Waals surface area contributed by atoms with E-state index in [0.717, 1.165) is 28.9 Å². The van der Waals surface area contributed by atoms with Gasteiger partial charge in [0.25, 0.3) is 0 Å². The van der Waals surface area contributed by atoms with Crippen molar-refractivity contribution in [2.24, 2.45) is 11.7 Å². The summed E-state index contributed by atoms with van der Waals surface area (Å²) in [5.74, 6) is -0.788. The smallest absolute Gasteiger partial charge is 0.333 e. The van der Waals surface area contributed by atoms with Crippen LogP contribution in [0.1, 0.15) is 36.8 Å².